The van der Waals surface area contributed by atoms with Gasteiger partial charge in [-0.05, 0) is 59.5 Å². The molecule has 0 radical (unpaired) electrons. The molecule has 0 atom stereocenters. The summed E-state index contributed by atoms with van der Waals surface area (Å²) in [5, 5.41) is 0. The van der Waals surface area contributed by atoms with E-state index in [4.69, 9.17) is 0 Å². The van der Waals surface area contributed by atoms with Gasteiger partial charge in [0.1, 0.15) is 5.75 Å². The summed E-state index contributed by atoms with van der Waals surface area (Å²) in [6.45, 7) is 6.10. The Bertz CT molecular complexity index is 1160. The number of hydrogen-bond donors (Lipinski definition) is 0. The summed E-state index contributed by atoms with van der Waals surface area (Å²) in [7, 11) is -4.69. The van der Waals surface area contributed by atoms with Crippen molar-refractivity contribution >= 4 is 21.3 Å². The first-order chi connectivity index (χ1) is 16.1. The molecule has 0 amide bonds. The van der Waals surface area contributed by atoms with Crippen LogP contribution in [0.15, 0.2) is 130 Å². The van der Waals surface area contributed by atoms with Crippen molar-refractivity contribution in [3.05, 3.63) is 121 Å². The molecular formula is C28H28O4S2. The van der Waals surface area contributed by atoms with Gasteiger partial charge in [0.2, 0.25) is 0 Å². The Hall–Kier alpha value is -3.06. The molecule has 0 bridgehead atoms. The highest BCUT2D eigenvalue weighted by Crippen LogP contribution is 2.30. The summed E-state index contributed by atoms with van der Waals surface area (Å²) in [6.07, 6.45) is 0. The molecule has 0 aromatic heterocycles. The van der Waals surface area contributed by atoms with Crippen LogP contribution in [0.1, 0.15) is 26.3 Å². The molecule has 0 heterocycles. The first kappa shape index (κ1) is 25.6. The SMILES string of the molecule is CC(C)(C)c1ccc(OS(=O)(=O)[O-])cc1.c1ccc([S+](c2ccccc2)c2ccccc2)cc1. The Morgan fingerprint density at radius 3 is 1.26 bits per heavy atom. The van der Waals surface area contributed by atoms with Crippen molar-refractivity contribution in [2.75, 3.05) is 0 Å². The maximum atomic E-state index is 10.3. The second-order valence-electron chi connectivity index (χ2n) is 8.51. The van der Waals surface area contributed by atoms with Gasteiger partial charge in [-0.1, -0.05) is 87.5 Å². The molecule has 4 aromatic carbocycles. The molecule has 0 saturated heterocycles. The summed E-state index contributed by atoms with van der Waals surface area (Å²) >= 11 is 0. The van der Waals surface area contributed by atoms with Crippen molar-refractivity contribution in [2.24, 2.45) is 0 Å². The van der Waals surface area contributed by atoms with Crippen molar-refractivity contribution in [3.8, 4) is 5.75 Å². The molecule has 176 valence electrons. The molecular weight excluding hydrogens is 464 g/mol. The van der Waals surface area contributed by atoms with Crippen molar-refractivity contribution in [2.45, 2.75) is 40.9 Å². The fourth-order valence-electron chi connectivity index (χ4n) is 3.21. The zero-order valence-corrected chi connectivity index (χ0v) is 21.1. The van der Waals surface area contributed by atoms with E-state index in [9.17, 15) is 13.0 Å². The molecule has 0 aliphatic carbocycles. The predicted octanol–water partition coefficient (Wildman–Crippen LogP) is 6.61. The van der Waals surface area contributed by atoms with Gasteiger partial charge in [0.15, 0.2) is 14.7 Å². The van der Waals surface area contributed by atoms with Crippen LogP contribution in [0.5, 0.6) is 5.75 Å². The van der Waals surface area contributed by atoms with Crippen LogP contribution in [0.25, 0.3) is 0 Å². The third kappa shape index (κ3) is 7.76. The largest absolute Gasteiger partial charge is 0.716 e. The van der Waals surface area contributed by atoms with E-state index in [1.165, 1.54) is 26.8 Å². The lowest BCUT2D eigenvalue weighted by Gasteiger charge is -2.19. The van der Waals surface area contributed by atoms with E-state index >= 15 is 0 Å². The monoisotopic (exact) mass is 492 g/mol. The van der Waals surface area contributed by atoms with Crippen molar-refractivity contribution in [1.29, 1.82) is 0 Å². The van der Waals surface area contributed by atoms with Crippen molar-refractivity contribution in [1.82, 2.24) is 0 Å². The Morgan fingerprint density at radius 2 is 0.971 bits per heavy atom. The van der Waals surface area contributed by atoms with Gasteiger partial charge in [-0.15, -0.1) is 0 Å². The number of rotatable bonds is 5. The molecule has 6 heteroatoms. The fraction of sp³-hybridized carbons (Fsp3) is 0.143. The topological polar surface area (TPSA) is 66.4 Å². The van der Waals surface area contributed by atoms with Gasteiger partial charge in [0.05, 0.1) is 10.9 Å². The molecule has 4 aromatic rings. The van der Waals surface area contributed by atoms with Gasteiger partial charge in [-0.25, -0.2) is 8.42 Å². The smallest absolute Gasteiger partial charge is 0.262 e. The lowest BCUT2D eigenvalue weighted by molar-refractivity contribution is 0.372. The summed E-state index contributed by atoms with van der Waals surface area (Å²) in [5.74, 6) is 0.0398. The molecule has 0 spiro atoms. The van der Waals surface area contributed by atoms with E-state index in [2.05, 4.69) is 95.2 Å². The van der Waals surface area contributed by atoms with Crippen LogP contribution in [0.4, 0.5) is 0 Å². The van der Waals surface area contributed by atoms with Gasteiger partial charge in [0, 0.05) is 0 Å². The minimum atomic E-state index is -4.68. The van der Waals surface area contributed by atoms with E-state index in [1.807, 2.05) is 20.8 Å². The quantitative estimate of drug-likeness (QED) is 0.179. The lowest BCUT2D eigenvalue weighted by Crippen LogP contribution is -2.11. The van der Waals surface area contributed by atoms with Gasteiger partial charge in [-0.3, -0.25) is 0 Å². The first-order valence-electron chi connectivity index (χ1n) is 10.8. The van der Waals surface area contributed by atoms with E-state index in [-0.39, 0.29) is 22.1 Å². The molecule has 34 heavy (non-hydrogen) atoms. The standard InChI is InChI=1S/C18H15S.C10H14O4S/c1-4-10-16(11-5-1)19(17-12-6-2-7-13-17)18-14-8-3-9-15-18;1-10(2,3)8-4-6-9(7-5-8)14-15(11,12)13/h1-15H;4-7H,1-3H3,(H,11,12,13)/q+1;/p-1. The van der Waals surface area contributed by atoms with Crippen LogP contribution in [0, 0.1) is 0 Å². The van der Waals surface area contributed by atoms with Crippen LogP contribution in [-0.2, 0) is 26.7 Å². The van der Waals surface area contributed by atoms with Crippen LogP contribution >= 0.6 is 0 Å². The highest BCUT2D eigenvalue weighted by Gasteiger charge is 2.27. The highest BCUT2D eigenvalue weighted by molar-refractivity contribution is 7.97. The van der Waals surface area contributed by atoms with E-state index in [0.717, 1.165) is 5.56 Å². The average Bonchev–Trinajstić information content (AvgIpc) is 2.81. The van der Waals surface area contributed by atoms with E-state index in [0.29, 0.717) is 0 Å². The average molecular weight is 493 g/mol. The van der Waals surface area contributed by atoms with Crippen LogP contribution in [0.2, 0.25) is 0 Å². The molecule has 0 saturated carbocycles. The Kier molecular flexibility index (Phi) is 8.56. The van der Waals surface area contributed by atoms with Crippen molar-refractivity contribution < 1.29 is 17.2 Å². The third-order valence-electron chi connectivity index (χ3n) is 4.86. The van der Waals surface area contributed by atoms with E-state index < -0.39 is 10.4 Å². The molecule has 4 nitrogen and oxygen atoms in total. The second kappa shape index (κ2) is 11.4. The molecule has 0 unspecified atom stereocenters. The van der Waals surface area contributed by atoms with Crippen LogP contribution in [0.3, 0.4) is 0 Å². The predicted molar refractivity (Wildman–Crippen MR) is 137 cm³/mol. The third-order valence-corrected chi connectivity index (χ3v) is 7.48. The van der Waals surface area contributed by atoms with Gasteiger partial charge >= 0.3 is 0 Å². The fourth-order valence-corrected chi connectivity index (χ4v) is 5.66. The summed E-state index contributed by atoms with van der Waals surface area (Å²) < 4.78 is 35.1. The summed E-state index contributed by atoms with van der Waals surface area (Å²) in [4.78, 5) is 4.08. The van der Waals surface area contributed by atoms with Gasteiger partial charge in [-0.2, -0.15) is 0 Å². The number of benzene rings is 4. The molecule has 0 aliphatic rings. The molecule has 0 N–H and O–H groups in total. The normalized spacial score (nSPS) is 11.4. The second-order valence-corrected chi connectivity index (χ2v) is 11.5. The van der Waals surface area contributed by atoms with Crippen LogP contribution in [-0.4, -0.2) is 13.0 Å². The van der Waals surface area contributed by atoms with Gasteiger partial charge < -0.3 is 8.74 Å². The van der Waals surface area contributed by atoms with Crippen LogP contribution < -0.4 is 4.18 Å². The summed E-state index contributed by atoms with van der Waals surface area (Å²) in [6, 6.07) is 38.6. The zero-order valence-electron chi connectivity index (χ0n) is 19.4. The van der Waals surface area contributed by atoms with E-state index in [1.54, 1.807) is 12.1 Å². The summed E-state index contributed by atoms with van der Waals surface area (Å²) in [5.41, 5.74) is 1.02. The maximum absolute atomic E-state index is 10.3. The lowest BCUT2D eigenvalue weighted by atomic mass is 9.87. The highest BCUT2D eigenvalue weighted by atomic mass is 32.3. The zero-order chi connectivity index (χ0) is 24.6. The minimum absolute atomic E-state index is 0.0146. The molecule has 0 fully saturated rings. The minimum Gasteiger partial charge on any atom is -0.716 e. The first-order valence-corrected chi connectivity index (χ1v) is 13.3. The molecule has 4 rings (SSSR count). The molecule has 0 aliphatic heterocycles. The Morgan fingerprint density at radius 1 is 0.618 bits per heavy atom. The maximum Gasteiger partial charge on any atom is 0.262 e. The Balaban J connectivity index is 0.000000197. The van der Waals surface area contributed by atoms with Gasteiger partial charge in [0.25, 0.3) is 10.4 Å². The van der Waals surface area contributed by atoms with Crippen molar-refractivity contribution in [3.63, 3.8) is 0 Å². The number of hydrogen-bond acceptors (Lipinski definition) is 4. The Labute approximate surface area is 205 Å².